The second-order valence-corrected chi connectivity index (χ2v) is 7.98. The molecule has 28 heavy (non-hydrogen) atoms. The van der Waals surface area contributed by atoms with Crippen molar-refractivity contribution in [3.8, 4) is 27.7 Å². The number of rotatable bonds is 6. The highest BCUT2D eigenvalue weighted by atomic mass is 32.2. The van der Waals surface area contributed by atoms with Crippen molar-refractivity contribution < 1.29 is 4.74 Å². The van der Waals surface area contributed by atoms with E-state index in [0.29, 0.717) is 16.7 Å². The monoisotopic (exact) mass is 409 g/mol. The summed E-state index contributed by atoms with van der Waals surface area (Å²) in [7, 11) is 1.67. The number of benzene rings is 2. The van der Waals surface area contributed by atoms with E-state index in [2.05, 4.69) is 10.2 Å². The van der Waals surface area contributed by atoms with Gasteiger partial charge in [0.2, 0.25) is 5.16 Å². The zero-order chi connectivity index (χ0) is 19.5. The molecule has 0 amide bonds. The van der Waals surface area contributed by atoms with Crippen molar-refractivity contribution in [3.05, 3.63) is 65.2 Å². The number of nitrogens with two attached hydrogens (primary N) is 1. The summed E-state index contributed by atoms with van der Waals surface area (Å²) in [5.74, 6) is 8.34. The lowest BCUT2D eigenvalue weighted by atomic mass is 10.1. The van der Waals surface area contributed by atoms with Crippen LogP contribution in [-0.2, 0) is 5.75 Å². The Morgan fingerprint density at radius 3 is 2.68 bits per heavy atom. The third-order valence-electron chi connectivity index (χ3n) is 4.21. The number of thiazole rings is 1. The third-order valence-corrected chi connectivity index (χ3v) is 6.11. The van der Waals surface area contributed by atoms with E-state index in [9.17, 15) is 0 Å². The molecule has 0 spiro atoms. The first kappa shape index (κ1) is 18.5. The van der Waals surface area contributed by atoms with Gasteiger partial charge in [-0.15, -0.1) is 21.5 Å². The molecule has 0 fully saturated rings. The van der Waals surface area contributed by atoms with E-state index in [1.165, 1.54) is 22.0 Å². The average molecular weight is 410 g/mol. The van der Waals surface area contributed by atoms with Gasteiger partial charge >= 0.3 is 0 Å². The zero-order valence-corrected chi connectivity index (χ0v) is 17.1. The molecule has 2 heterocycles. The second-order valence-electron chi connectivity index (χ2n) is 6.18. The molecule has 0 saturated carbocycles. The van der Waals surface area contributed by atoms with Crippen LogP contribution in [0.15, 0.2) is 59.1 Å². The van der Waals surface area contributed by atoms with E-state index in [4.69, 9.17) is 15.6 Å². The first-order chi connectivity index (χ1) is 13.7. The molecule has 4 rings (SSSR count). The van der Waals surface area contributed by atoms with Crippen LogP contribution in [0.5, 0.6) is 5.75 Å². The largest absolute Gasteiger partial charge is 0.496 e. The molecular formula is C20H19N5OS2. The minimum absolute atomic E-state index is 0.649. The lowest BCUT2D eigenvalue weighted by Gasteiger charge is -2.04. The summed E-state index contributed by atoms with van der Waals surface area (Å²) in [4.78, 5) is 4.73. The lowest BCUT2D eigenvalue weighted by molar-refractivity contribution is 0.416. The summed E-state index contributed by atoms with van der Waals surface area (Å²) in [6.45, 7) is 2.05. The van der Waals surface area contributed by atoms with Crippen LogP contribution in [0.3, 0.4) is 0 Å². The van der Waals surface area contributed by atoms with E-state index in [1.807, 2.05) is 60.8 Å². The topological polar surface area (TPSA) is 78.9 Å². The number of nitrogen functional groups attached to an aromatic ring is 1. The van der Waals surface area contributed by atoms with Crippen LogP contribution in [0.4, 0.5) is 0 Å². The molecule has 0 aliphatic heterocycles. The lowest BCUT2D eigenvalue weighted by Crippen LogP contribution is -2.11. The van der Waals surface area contributed by atoms with Crippen molar-refractivity contribution in [2.75, 3.05) is 13.0 Å². The number of hydrogen-bond donors (Lipinski definition) is 1. The number of thioether (sulfide) groups is 1. The van der Waals surface area contributed by atoms with Crippen LogP contribution >= 0.6 is 23.1 Å². The number of methoxy groups -OCH3 is 1. The quantitative estimate of drug-likeness (QED) is 0.376. The molecule has 0 aliphatic carbocycles. The number of para-hydroxylation sites is 1. The number of aryl methyl sites for hydroxylation is 1. The summed E-state index contributed by atoms with van der Waals surface area (Å²) < 4.78 is 6.96. The average Bonchev–Trinajstić information content (AvgIpc) is 3.34. The van der Waals surface area contributed by atoms with Gasteiger partial charge in [-0.1, -0.05) is 53.7 Å². The molecule has 142 valence electrons. The van der Waals surface area contributed by atoms with Crippen LogP contribution in [0, 0.1) is 6.92 Å². The summed E-state index contributed by atoms with van der Waals surface area (Å²) in [6, 6.07) is 15.9. The van der Waals surface area contributed by atoms with Crippen molar-refractivity contribution in [1.82, 2.24) is 19.9 Å². The van der Waals surface area contributed by atoms with Gasteiger partial charge in [0, 0.05) is 16.7 Å². The van der Waals surface area contributed by atoms with Crippen molar-refractivity contribution in [1.29, 1.82) is 0 Å². The van der Waals surface area contributed by atoms with Gasteiger partial charge in [-0.2, -0.15) is 0 Å². The Bertz CT molecular complexity index is 1090. The molecular weight excluding hydrogens is 390 g/mol. The van der Waals surface area contributed by atoms with E-state index >= 15 is 0 Å². The van der Waals surface area contributed by atoms with Crippen LogP contribution < -0.4 is 10.6 Å². The van der Waals surface area contributed by atoms with E-state index in [-0.39, 0.29) is 0 Å². The van der Waals surface area contributed by atoms with Crippen LogP contribution in [0.1, 0.15) is 11.3 Å². The Morgan fingerprint density at radius 2 is 1.89 bits per heavy atom. The highest BCUT2D eigenvalue weighted by Gasteiger charge is 2.14. The molecule has 0 atom stereocenters. The highest BCUT2D eigenvalue weighted by Crippen LogP contribution is 2.33. The van der Waals surface area contributed by atoms with Gasteiger partial charge in [0.15, 0.2) is 5.82 Å². The second kappa shape index (κ2) is 8.04. The third kappa shape index (κ3) is 3.74. The van der Waals surface area contributed by atoms with Crippen LogP contribution in [-0.4, -0.2) is 27.0 Å². The summed E-state index contributed by atoms with van der Waals surface area (Å²) >= 11 is 3.11. The van der Waals surface area contributed by atoms with Crippen molar-refractivity contribution in [2.45, 2.75) is 17.8 Å². The SMILES string of the molecule is COc1ccccc1-c1nc(CSc2nnc(-c3ccc(C)cc3)n2N)cs1. The van der Waals surface area contributed by atoms with E-state index in [0.717, 1.165) is 27.6 Å². The van der Waals surface area contributed by atoms with Gasteiger partial charge in [-0.25, -0.2) is 9.66 Å². The first-order valence-electron chi connectivity index (χ1n) is 8.64. The van der Waals surface area contributed by atoms with E-state index < -0.39 is 0 Å². The molecule has 2 N–H and O–H groups in total. The highest BCUT2D eigenvalue weighted by molar-refractivity contribution is 7.98. The molecule has 0 unspecified atom stereocenters. The molecule has 0 aliphatic rings. The Labute approximate surface area is 171 Å². The predicted molar refractivity (Wildman–Crippen MR) is 114 cm³/mol. The summed E-state index contributed by atoms with van der Waals surface area (Å²) in [5.41, 5.74) is 4.10. The minimum Gasteiger partial charge on any atom is -0.496 e. The first-order valence-corrected chi connectivity index (χ1v) is 10.5. The number of ether oxygens (including phenoxy) is 1. The smallest absolute Gasteiger partial charge is 0.210 e. The van der Waals surface area contributed by atoms with Crippen molar-refractivity contribution in [2.24, 2.45) is 0 Å². The van der Waals surface area contributed by atoms with Crippen molar-refractivity contribution in [3.63, 3.8) is 0 Å². The molecule has 2 aromatic carbocycles. The Kier molecular flexibility index (Phi) is 5.31. The fourth-order valence-electron chi connectivity index (χ4n) is 2.73. The standard InChI is InChI=1S/C20H19N5OS2/c1-13-7-9-14(10-8-13)18-23-24-20(25(18)21)28-12-15-11-27-19(22-15)16-5-3-4-6-17(16)26-2/h3-11H,12,21H2,1-2H3. The molecule has 2 aromatic heterocycles. The Hall–Kier alpha value is -2.84. The number of aromatic nitrogens is 4. The van der Waals surface area contributed by atoms with Gasteiger partial charge in [-0.05, 0) is 19.1 Å². The van der Waals surface area contributed by atoms with Crippen LogP contribution in [0.2, 0.25) is 0 Å². The molecule has 0 radical (unpaired) electrons. The molecule has 8 heteroatoms. The van der Waals surface area contributed by atoms with Gasteiger partial charge in [0.05, 0.1) is 18.4 Å². The maximum absolute atomic E-state index is 6.21. The maximum atomic E-state index is 6.21. The van der Waals surface area contributed by atoms with Gasteiger partial charge in [0.1, 0.15) is 10.8 Å². The zero-order valence-electron chi connectivity index (χ0n) is 15.5. The Balaban J connectivity index is 1.49. The fourth-order valence-corrected chi connectivity index (χ4v) is 4.44. The fraction of sp³-hybridized carbons (Fsp3) is 0.150. The molecule has 4 aromatic rings. The molecule has 0 bridgehead atoms. The van der Waals surface area contributed by atoms with Gasteiger partial charge in [0.25, 0.3) is 0 Å². The summed E-state index contributed by atoms with van der Waals surface area (Å²) in [5, 5.41) is 12.1. The van der Waals surface area contributed by atoms with Gasteiger partial charge < -0.3 is 10.6 Å². The Morgan fingerprint density at radius 1 is 1.11 bits per heavy atom. The maximum Gasteiger partial charge on any atom is 0.210 e. The predicted octanol–water partition coefficient (Wildman–Crippen LogP) is 4.39. The molecule has 0 saturated heterocycles. The van der Waals surface area contributed by atoms with Gasteiger partial charge in [-0.3, -0.25) is 0 Å². The van der Waals surface area contributed by atoms with E-state index in [1.54, 1.807) is 18.4 Å². The molecule has 6 nitrogen and oxygen atoms in total. The van der Waals surface area contributed by atoms with Crippen LogP contribution in [0.25, 0.3) is 22.0 Å². The normalized spacial score (nSPS) is 10.9. The number of hydrogen-bond acceptors (Lipinski definition) is 7. The number of nitrogens with zero attached hydrogens (tertiary/aromatic N) is 4. The minimum atomic E-state index is 0.649. The van der Waals surface area contributed by atoms with Crippen molar-refractivity contribution >= 4 is 23.1 Å². The summed E-state index contributed by atoms with van der Waals surface area (Å²) in [6.07, 6.45) is 0.